The van der Waals surface area contributed by atoms with E-state index in [1.807, 2.05) is 30.3 Å². The Labute approximate surface area is 99.6 Å². The van der Waals surface area contributed by atoms with Crippen molar-refractivity contribution in [1.29, 1.82) is 0 Å². The first-order valence-electron chi connectivity index (χ1n) is 5.38. The van der Waals surface area contributed by atoms with Crippen LogP contribution in [0.1, 0.15) is 0 Å². The number of anilines is 3. The second-order valence-electron chi connectivity index (χ2n) is 3.41. The predicted octanol–water partition coefficient (Wildman–Crippen LogP) is 1.62. The maximum Gasteiger partial charge on any atom is 0.229 e. The number of nitrogens with zero attached hydrogens (tertiary/aromatic N) is 2. The van der Waals surface area contributed by atoms with Crippen LogP contribution in [0.2, 0.25) is 0 Å². The largest absolute Gasteiger partial charge is 0.395 e. The summed E-state index contributed by atoms with van der Waals surface area (Å²) in [7, 11) is 0. The third-order valence-electron chi connectivity index (χ3n) is 2.10. The van der Waals surface area contributed by atoms with Gasteiger partial charge in [-0.1, -0.05) is 18.2 Å². The van der Waals surface area contributed by atoms with Crippen LogP contribution >= 0.6 is 0 Å². The van der Waals surface area contributed by atoms with Gasteiger partial charge in [0.25, 0.3) is 0 Å². The van der Waals surface area contributed by atoms with Gasteiger partial charge in [-0.25, -0.2) is 4.98 Å². The quantitative estimate of drug-likeness (QED) is 0.728. The standard InChI is InChI=1S/C12H14N4O/c17-9-8-13-11-6-7-14-12(16-11)15-10-4-2-1-3-5-10/h1-7,17H,8-9H2,(H2,13,14,15,16). The topological polar surface area (TPSA) is 70.1 Å². The van der Waals surface area contributed by atoms with Crippen LogP contribution in [0, 0.1) is 0 Å². The first kappa shape index (κ1) is 11.3. The lowest BCUT2D eigenvalue weighted by atomic mass is 10.3. The summed E-state index contributed by atoms with van der Waals surface area (Å²) in [6.07, 6.45) is 1.66. The minimum absolute atomic E-state index is 0.0749. The van der Waals surface area contributed by atoms with Gasteiger partial charge in [-0.15, -0.1) is 0 Å². The minimum atomic E-state index is 0.0749. The molecular formula is C12H14N4O. The molecule has 0 aliphatic rings. The number of aromatic nitrogens is 2. The summed E-state index contributed by atoms with van der Waals surface area (Å²) >= 11 is 0. The van der Waals surface area contributed by atoms with Crippen molar-refractivity contribution in [2.75, 3.05) is 23.8 Å². The molecule has 2 aromatic rings. The third-order valence-corrected chi connectivity index (χ3v) is 2.10. The van der Waals surface area contributed by atoms with Gasteiger partial charge in [0.05, 0.1) is 6.61 Å². The molecule has 0 aliphatic heterocycles. The van der Waals surface area contributed by atoms with Gasteiger partial charge in [-0.2, -0.15) is 4.98 Å². The Morgan fingerprint density at radius 3 is 2.71 bits per heavy atom. The summed E-state index contributed by atoms with van der Waals surface area (Å²) < 4.78 is 0. The maximum absolute atomic E-state index is 8.71. The Kier molecular flexibility index (Phi) is 3.88. The molecule has 0 aliphatic carbocycles. The molecule has 0 saturated carbocycles. The number of benzene rings is 1. The third kappa shape index (κ3) is 3.42. The van der Waals surface area contributed by atoms with Crippen LogP contribution < -0.4 is 10.6 Å². The van der Waals surface area contributed by atoms with Gasteiger partial charge in [0.1, 0.15) is 5.82 Å². The van der Waals surface area contributed by atoms with E-state index in [9.17, 15) is 0 Å². The fourth-order valence-electron chi connectivity index (χ4n) is 1.35. The molecule has 1 aromatic heterocycles. The zero-order chi connectivity index (χ0) is 11.9. The second-order valence-corrected chi connectivity index (χ2v) is 3.41. The van der Waals surface area contributed by atoms with Gasteiger partial charge in [-0.3, -0.25) is 0 Å². The average Bonchev–Trinajstić information content (AvgIpc) is 2.38. The van der Waals surface area contributed by atoms with Gasteiger partial charge in [0.15, 0.2) is 0 Å². The van der Waals surface area contributed by atoms with Gasteiger partial charge in [-0.05, 0) is 18.2 Å². The SMILES string of the molecule is OCCNc1ccnc(Nc2ccccc2)n1. The van der Waals surface area contributed by atoms with E-state index in [-0.39, 0.29) is 6.61 Å². The normalized spacial score (nSPS) is 9.94. The van der Waals surface area contributed by atoms with Crippen LogP contribution in [0.5, 0.6) is 0 Å². The molecule has 5 nitrogen and oxygen atoms in total. The molecule has 0 atom stereocenters. The van der Waals surface area contributed by atoms with Crippen molar-refractivity contribution in [3.8, 4) is 0 Å². The summed E-state index contributed by atoms with van der Waals surface area (Å²) in [5.74, 6) is 1.21. The molecule has 0 saturated heterocycles. The van der Waals surface area contributed by atoms with Crippen molar-refractivity contribution in [3.05, 3.63) is 42.6 Å². The average molecular weight is 230 g/mol. The summed E-state index contributed by atoms with van der Waals surface area (Å²) in [6.45, 7) is 0.549. The molecule has 88 valence electrons. The highest BCUT2D eigenvalue weighted by Crippen LogP contribution is 2.12. The van der Waals surface area contributed by atoms with E-state index >= 15 is 0 Å². The number of aliphatic hydroxyl groups excluding tert-OH is 1. The zero-order valence-corrected chi connectivity index (χ0v) is 9.30. The molecule has 0 radical (unpaired) electrons. The van der Waals surface area contributed by atoms with E-state index in [1.165, 1.54) is 0 Å². The summed E-state index contributed by atoms with van der Waals surface area (Å²) in [5.41, 5.74) is 0.937. The second kappa shape index (κ2) is 5.81. The lowest BCUT2D eigenvalue weighted by Crippen LogP contribution is -2.08. The lowest BCUT2D eigenvalue weighted by Gasteiger charge is -2.07. The highest BCUT2D eigenvalue weighted by molar-refractivity contribution is 5.54. The van der Waals surface area contributed by atoms with E-state index in [1.54, 1.807) is 12.3 Å². The number of hydrogen-bond donors (Lipinski definition) is 3. The van der Waals surface area contributed by atoms with Crippen molar-refractivity contribution in [1.82, 2.24) is 9.97 Å². The molecule has 0 amide bonds. The van der Waals surface area contributed by atoms with E-state index in [0.717, 1.165) is 5.69 Å². The monoisotopic (exact) mass is 230 g/mol. The molecule has 0 spiro atoms. The molecule has 0 bridgehead atoms. The molecule has 5 heteroatoms. The Morgan fingerprint density at radius 1 is 1.12 bits per heavy atom. The van der Waals surface area contributed by atoms with Crippen LogP contribution in [0.15, 0.2) is 42.6 Å². The van der Waals surface area contributed by atoms with Crippen molar-refractivity contribution < 1.29 is 5.11 Å². The van der Waals surface area contributed by atoms with Gasteiger partial charge in [0, 0.05) is 18.4 Å². The zero-order valence-electron chi connectivity index (χ0n) is 9.30. The summed E-state index contributed by atoms with van der Waals surface area (Å²) in [4.78, 5) is 8.38. The fraction of sp³-hybridized carbons (Fsp3) is 0.167. The van der Waals surface area contributed by atoms with Crippen LogP contribution in [0.4, 0.5) is 17.5 Å². The number of aliphatic hydroxyl groups is 1. The molecule has 0 fully saturated rings. The Hall–Kier alpha value is -2.14. The molecule has 1 heterocycles. The smallest absolute Gasteiger partial charge is 0.229 e. The van der Waals surface area contributed by atoms with E-state index in [2.05, 4.69) is 20.6 Å². The number of nitrogens with one attached hydrogen (secondary N) is 2. The maximum atomic E-state index is 8.71. The molecule has 17 heavy (non-hydrogen) atoms. The van der Waals surface area contributed by atoms with Crippen molar-refractivity contribution >= 4 is 17.5 Å². The first-order chi connectivity index (χ1) is 8.38. The van der Waals surface area contributed by atoms with E-state index in [4.69, 9.17) is 5.11 Å². The Bertz CT molecular complexity index is 461. The van der Waals surface area contributed by atoms with E-state index in [0.29, 0.717) is 18.3 Å². The molecule has 0 unspecified atom stereocenters. The van der Waals surface area contributed by atoms with Crippen LogP contribution in [-0.4, -0.2) is 28.2 Å². The number of rotatable bonds is 5. The highest BCUT2D eigenvalue weighted by atomic mass is 16.3. The van der Waals surface area contributed by atoms with Gasteiger partial charge >= 0.3 is 0 Å². The van der Waals surface area contributed by atoms with Gasteiger partial charge < -0.3 is 15.7 Å². The van der Waals surface area contributed by atoms with E-state index < -0.39 is 0 Å². The molecule has 3 N–H and O–H groups in total. The Morgan fingerprint density at radius 2 is 1.94 bits per heavy atom. The number of hydrogen-bond acceptors (Lipinski definition) is 5. The molecule has 1 aromatic carbocycles. The van der Waals surface area contributed by atoms with Crippen molar-refractivity contribution in [3.63, 3.8) is 0 Å². The summed E-state index contributed by atoms with van der Waals surface area (Å²) in [6, 6.07) is 11.5. The lowest BCUT2D eigenvalue weighted by molar-refractivity contribution is 0.311. The highest BCUT2D eigenvalue weighted by Gasteiger charge is 1.98. The van der Waals surface area contributed by atoms with Crippen molar-refractivity contribution in [2.45, 2.75) is 0 Å². The van der Waals surface area contributed by atoms with Crippen LogP contribution in [0.25, 0.3) is 0 Å². The summed E-state index contributed by atoms with van der Waals surface area (Å²) in [5, 5.41) is 14.8. The fourth-order valence-corrected chi connectivity index (χ4v) is 1.35. The minimum Gasteiger partial charge on any atom is -0.395 e. The van der Waals surface area contributed by atoms with Crippen molar-refractivity contribution in [2.24, 2.45) is 0 Å². The Balaban J connectivity index is 2.06. The molecular weight excluding hydrogens is 216 g/mol. The number of para-hydroxylation sites is 1. The van der Waals surface area contributed by atoms with Gasteiger partial charge in [0.2, 0.25) is 5.95 Å². The first-order valence-corrected chi connectivity index (χ1v) is 5.38. The van der Waals surface area contributed by atoms with Crippen LogP contribution in [-0.2, 0) is 0 Å². The predicted molar refractivity (Wildman–Crippen MR) is 67.3 cm³/mol. The van der Waals surface area contributed by atoms with Crippen LogP contribution in [0.3, 0.4) is 0 Å². The molecule has 2 rings (SSSR count).